The molecule has 2 aromatic carbocycles. The third-order valence-corrected chi connectivity index (χ3v) is 6.87. The highest BCUT2D eigenvalue weighted by Crippen LogP contribution is 2.50. The Bertz CT molecular complexity index is 1300. The van der Waals surface area contributed by atoms with E-state index in [1.54, 1.807) is 0 Å². The molecule has 0 spiro atoms. The Labute approximate surface area is 197 Å². The lowest BCUT2D eigenvalue weighted by molar-refractivity contribution is -0.150. The predicted molar refractivity (Wildman–Crippen MR) is 116 cm³/mol. The van der Waals surface area contributed by atoms with Crippen molar-refractivity contribution < 1.29 is 38.6 Å². The average molecular weight is 503 g/mol. The van der Waals surface area contributed by atoms with Gasteiger partial charge in [-0.3, -0.25) is 4.79 Å². The lowest BCUT2D eigenvalue weighted by Crippen LogP contribution is -2.55. The Hall–Kier alpha value is -2.50. The second kappa shape index (κ2) is 8.62. The SMILES string of the molecule is [2H]C1([2H])[C@@H]2[C@@H](NS(=O)(=O)CF)[C@@H](Cc3cccc(-c4cc(F)cc(F)c4)c3F)N(C(=O)C(C)(C)O)[C@@H]21. The third kappa shape index (κ3) is 4.69. The highest BCUT2D eigenvalue weighted by Gasteiger charge is 2.62. The molecule has 184 valence electrons. The van der Waals surface area contributed by atoms with Crippen LogP contribution in [0.1, 0.15) is 28.5 Å². The minimum Gasteiger partial charge on any atom is -0.381 e. The lowest BCUT2D eigenvalue weighted by atomic mass is 9.94. The highest BCUT2D eigenvalue weighted by atomic mass is 32.2. The molecule has 6 nitrogen and oxygen atoms in total. The third-order valence-electron chi connectivity index (χ3n) is 5.95. The first-order chi connectivity index (χ1) is 16.6. The van der Waals surface area contributed by atoms with Crippen molar-refractivity contribution in [2.45, 2.75) is 50.4 Å². The average Bonchev–Trinajstić information content (AvgIpc) is 3.15. The van der Waals surface area contributed by atoms with E-state index in [0.29, 0.717) is 6.07 Å². The van der Waals surface area contributed by atoms with E-state index in [4.69, 9.17) is 2.74 Å². The van der Waals surface area contributed by atoms with Gasteiger partial charge in [0, 0.05) is 26.5 Å². The monoisotopic (exact) mass is 502 g/mol. The van der Waals surface area contributed by atoms with Crippen molar-refractivity contribution in [3.63, 3.8) is 0 Å². The lowest BCUT2D eigenvalue weighted by Gasteiger charge is -2.35. The fourth-order valence-electron chi connectivity index (χ4n) is 4.42. The number of halogens is 4. The minimum atomic E-state index is -4.50. The van der Waals surface area contributed by atoms with Gasteiger partial charge in [0.05, 0.1) is 6.04 Å². The summed E-state index contributed by atoms with van der Waals surface area (Å²) in [5.74, 6) is -4.69. The molecule has 11 heteroatoms. The number of nitrogens with one attached hydrogen (secondary N) is 1. The van der Waals surface area contributed by atoms with Crippen molar-refractivity contribution in [2.75, 3.05) is 6.01 Å². The Morgan fingerprint density at radius 2 is 1.88 bits per heavy atom. The molecule has 1 saturated carbocycles. The molecule has 2 aromatic rings. The zero-order valence-electron chi connectivity index (χ0n) is 20.2. The number of likely N-dealkylation sites (tertiary alicyclic amines) is 1. The van der Waals surface area contributed by atoms with Gasteiger partial charge in [0.25, 0.3) is 5.91 Å². The van der Waals surface area contributed by atoms with Crippen molar-refractivity contribution in [1.82, 2.24) is 9.62 Å². The first-order valence-corrected chi connectivity index (χ1v) is 12.1. The van der Waals surface area contributed by atoms with E-state index >= 15 is 4.39 Å². The highest BCUT2D eigenvalue weighted by molar-refractivity contribution is 7.89. The van der Waals surface area contributed by atoms with Crippen LogP contribution in [0.2, 0.25) is 0 Å². The maximum Gasteiger partial charge on any atom is 0.254 e. The molecule has 0 unspecified atom stereocenters. The van der Waals surface area contributed by atoms with Crippen molar-refractivity contribution in [3.05, 3.63) is 59.4 Å². The molecule has 4 atom stereocenters. The van der Waals surface area contributed by atoms with Crippen LogP contribution in [0.5, 0.6) is 0 Å². The fraction of sp³-hybridized carbons (Fsp3) is 0.435. The number of hydrogen-bond donors (Lipinski definition) is 2. The van der Waals surface area contributed by atoms with Crippen LogP contribution in [0.3, 0.4) is 0 Å². The molecule has 2 aliphatic rings. The van der Waals surface area contributed by atoms with Gasteiger partial charge in [0.2, 0.25) is 16.0 Å². The maximum absolute atomic E-state index is 15.6. The summed E-state index contributed by atoms with van der Waals surface area (Å²) in [5.41, 5.74) is -2.25. The molecule has 0 aromatic heterocycles. The summed E-state index contributed by atoms with van der Waals surface area (Å²) < 4.78 is 98.8. The van der Waals surface area contributed by atoms with Crippen LogP contribution >= 0.6 is 0 Å². The molecule has 1 heterocycles. The maximum atomic E-state index is 15.6. The number of sulfonamides is 1. The van der Waals surface area contributed by atoms with Crippen molar-refractivity contribution in [2.24, 2.45) is 5.92 Å². The predicted octanol–water partition coefficient (Wildman–Crippen LogP) is 2.90. The van der Waals surface area contributed by atoms with Crippen LogP contribution in [0.25, 0.3) is 11.1 Å². The zero-order chi connectivity index (χ0) is 26.8. The topological polar surface area (TPSA) is 86.7 Å². The van der Waals surface area contributed by atoms with Crippen LogP contribution in [0.15, 0.2) is 36.4 Å². The quantitative estimate of drug-likeness (QED) is 0.571. The van der Waals surface area contributed by atoms with E-state index in [1.807, 2.05) is 0 Å². The molecular weight excluding hydrogens is 476 g/mol. The minimum absolute atomic E-state index is 0.0537. The Balaban J connectivity index is 1.77. The number of nitrogens with zero attached hydrogens (tertiary/aromatic N) is 1. The molecule has 2 fully saturated rings. The summed E-state index contributed by atoms with van der Waals surface area (Å²) in [6, 6.07) is 1.13. The van der Waals surface area contributed by atoms with Gasteiger partial charge < -0.3 is 10.0 Å². The molecule has 0 bridgehead atoms. The van der Waals surface area contributed by atoms with E-state index in [2.05, 4.69) is 4.72 Å². The van der Waals surface area contributed by atoms with Gasteiger partial charge in [0.15, 0.2) is 0 Å². The van der Waals surface area contributed by atoms with Crippen molar-refractivity contribution >= 4 is 15.9 Å². The number of aliphatic hydroxyl groups is 1. The van der Waals surface area contributed by atoms with Crippen LogP contribution in [0, 0.1) is 23.4 Å². The summed E-state index contributed by atoms with van der Waals surface area (Å²) in [6.45, 7) is 2.36. The Morgan fingerprint density at radius 3 is 2.47 bits per heavy atom. The van der Waals surface area contributed by atoms with Gasteiger partial charge in [-0.2, -0.15) is 0 Å². The summed E-state index contributed by atoms with van der Waals surface area (Å²) in [5, 5.41) is 10.3. The molecule has 1 amide bonds. The van der Waals surface area contributed by atoms with Crippen LogP contribution in [0.4, 0.5) is 17.6 Å². The fourth-order valence-corrected chi connectivity index (χ4v) is 5.20. The summed E-state index contributed by atoms with van der Waals surface area (Å²) in [4.78, 5) is 14.1. The van der Waals surface area contributed by atoms with Crippen molar-refractivity contribution in [3.8, 4) is 11.1 Å². The molecule has 1 aliphatic heterocycles. The van der Waals surface area contributed by atoms with Gasteiger partial charge in [-0.15, -0.1) is 0 Å². The van der Waals surface area contributed by atoms with E-state index in [9.17, 15) is 31.5 Å². The van der Waals surface area contributed by atoms with E-state index in [-0.39, 0.29) is 23.1 Å². The summed E-state index contributed by atoms with van der Waals surface area (Å²) in [6.07, 6.45) is -2.37. The van der Waals surface area contributed by atoms with Gasteiger partial charge >= 0.3 is 0 Å². The number of hydrogen-bond acceptors (Lipinski definition) is 4. The summed E-state index contributed by atoms with van der Waals surface area (Å²) >= 11 is 0. The number of carbonyl (C=O) groups excluding carboxylic acids is 1. The van der Waals surface area contributed by atoms with Crippen LogP contribution in [-0.4, -0.2) is 54.1 Å². The van der Waals surface area contributed by atoms with Crippen LogP contribution < -0.4 is 4.72 Å². The normalized spacial score (nSPS) is 26.6. The Kier molecular flexibility index (Phi) is 5.57. The number of alkyl halides is 1. The number of fused-ring (bicyclic) bond motifs is 1. The Morgan fingerprint density at radius 1 is 1.24 bits per heavy atom. The number of benzene rings is 2. The standard InChI is InChI=1S/C23H24F4N2O4S/c1-23(2,31)22(30)29-18-10-17(18)21(28-34(32,33)11-24)19(29)8-12-4-3-5-16(20(12)27)13-6-14(25)9-15(26)7-13/h3-7,9,17-19,21,28,31H,8,10-11H2,1-2H3/t17-,18+,19+,21+/m0/s1/i10D2. The number of carbonyl (C=O) groups is 1. The molecule has 34 heavy (non-hydrogen) atoms. The van der Waals surface area contributed by atoms with Gasteiger partial charge in [-0.05, 0) is 55.8 Å². The second-order valence-electron chi connectivity index (χ2n) is 8.98. The molecular formula is C23H24F4N2O4S. The number of rotatable bonds is 7. The molecule has 1 aliphatic carbocycles. The molecule has 4 rings (SSSR count). The molecule has 2 N–H and O–H groups in total. The number of piperidine rings is 1. The first kappa shape index (κ1) is 22.0. The van der Waals surface area contributed by atoms with E-state index < -0.39 is 75.4 Å². The van der Waals surface area contributed by atoms with Gasteiger partial charge in [-0.25, -0.2) is 30.7 Å². The van der Waals surface area contributed by atoms with E-state index in [0.717, 1.165) is 17.0 Å². The molecule has 0 radical (unpaired) electrons. The number of amides is 1. The zero-order valence-corrected chi connectivity index (χ0v) is 19.0. The second-order valence-corrected chi connectivity index (χ2v) is 10.7. The van der Waals surface area contributed by atoms with Gasteiger partial charge in [-0.1, -0.05) is 18.2 Å². The smallest absolute Gasteiger partial charge is 0.254 e. The van der Waals surface area contributed by atoms with Crippen LogP contribution in [-0.2, 0) is 21.2 Å². The largest absolute Gasteiger partial charge is 0.381 e. The van der Waals surface area contributed by atoms with Crippen molar-refractivity contribution in [1.29, 1.82) is 0 Å². The molecule has 1 saturated heterocycles. The van der Waals surface area contributed by atoms with E-state index in [1.165, 1.54) is 32.0 Å². The first-order valence-electron chi connectivity index (χ1n) is 11.4. The van der Waals surface area contributed by atoms with Gasteiger partial charge in [0.1, 0.15) is 23.1 Å². The summed E-state index contributed by atoms with van der Waals surface area (Å²) in [7, 11) is -4.50.